The summed E-state index contributed by atoms with van der Waals surface area (Å²) >= 11 is 0. The minimum atomic E-state index is -0.0434. The topological polar surface area (TPSA) is 23.5 Å². The van der Waals surface area contributed by atoms with Gasteiger partial charge in [0.2, 0.25) is 0 Å². The lowest BCUT2D eigenvalue weighted by Gasteiger charge is -2.28. The van der Waals surface area contributed by atoms with Crippen molar-refractivity contribution in [2.45, 2.75) is 31.9 Å². The molecule has 2 heteroatoms. The molecule has 0 spiro atoms. The maximum Gasteiger partial charge on any atom is 0.0726 e. The molecule has 0 aromatic heterocycles. The summed E-state index contributed by atoms with van der Waals surface area (Å²) < 4.78 is 0. The van der Waals surface area contributed by atoms with Gasteiger partial charge in [0.1, 0.15) is 0 Å². The molecule has 0 amide bonds. The molecule has 2 saturated carbocycles. The van der Waals surface area contributed by atoms with Crippen LogP contribution in [0, 0.1) is 17.8 Å². The summed E-state index contributed by atoms with van der Waals surface area (Å²) in [6.07, 6.45) is 2.51. The van der Waals surface area contributed by atoms with Gasteiger partial charge in [-0.05, 0) is 37.5 Å². The van der Waals surface area contributed by atoms with E-state index in [4.69, 9.17) is 0 Å². The Morgan fingerprint density at radius 3 is 2.86 bits per heavy atom. The van der Waals surface area contributed by atoms with Crippen molar-refractivity contribution in [3.8, 4) is 0 Å². The van der Waals surface area contributed by atoms with Gasteiger partial charge in [0, 0.05) is 19.1 Å². The zero-order valence-electron chi connectivity index (χ0n) is 8.82. The lowest BCUT2D eigenvalue weighted by Crippen LogP contribution is -2.41. The van der Waals surface area contributed by atoms with E-state index in [-0.39, 0.29) is 6.10 Å². The highest BCUT2D eigenvalue weighted by Crippen LogP contribution is 2.54. The van der Waals surface area contributed by atoms with Crippen LogP contribution in [0.25, 0.3) is 0 Å². The molecule has 3 rings (SSSR count). The molecule has 2 bridgehead atoms. The lowest BCUT2D eigenvalue weighted by atomic mass is 9.88. The molecule has 0 radical (unpaired) electrons. The fourth-order valence-corrected chi connectivity index (χ4v) is 4.07. The van der Waals surface area contributed by atoms with Crippen molar-refractivity contribution in [3.05, 3.63) is 12.2 Å². The fraction of sp³-hybridized carbons (Fsp3) is 0.833. The van der Waals surface area contributed by atoms with Gasteiger partial charge in [0.15, 0.2) is 0 Å². The van der Waals surface area contributed by atoms with Crippen molar-refractivity contribution in [1.29, 1.82) is 0 Å². The number of nitrogens with zero attached hydrogens (tertiary/aromatic N) is 1. The standard InChI is InChI=1S/C12H19NO/c1-7(2)5-13-6-9-3-8-4-10(9)11(13)12(8)14/h8-12,14H,1,3-6H2,2H3. The summed E-state index contributed by atoms with van der Waals surface area (Å²) in [6.45, 7) is 8.25. The largest absolute Gasteiger partial charge is 0.391 e. The van der Waals surface area contributed by atoms with Crippen LogP contribution in [-0.4, -0.2) is 35.2 Å². The van der Waals surface area contributed by atoms with E-state index >= 15 is 0 Å². The first kappa shape index (κ1) is 8.93. The molecule has 2 nitrogen and oxygen atoms in total. The molecule has 1 heterocycles. The molecule has 78 valence electrons. The maximum absolute atomic E-state index is 10.1. The van der Waals surface area contributed by atoms with Crippen molar-refractivity contribution in [3.63, 3.8) is 0 Å². The minimum absolute atomic E-state index is 0.0434. The Morgan fingerprint density at radius 1 is 1.43 bits per heavy atom. The molecule has 0 aromatic rings. The molecule has 5 atom stereocenters. The summed E-state index contributed by atoms with van der Waals surface area (Å²) in [5, 5.41) is 10.1. The van der Waals surface area contributed by atoms with Crippen molar-refractivity contribution in [2.75, 3.05) is 13.1 Å². The van der Waals surface area contributed by atoms with Gasteiger partial charge in [0.25, 0.3) is 0 Å². The average Bonchev–Trinajstić information content (AvgIpc) is 2.63. The predicted molar refractivity (Wildman–Crippen MR) is 55.9 cm³/mol. The lowest BCUT2D eigenvalue weighted by molar-refractivity contribution is 0.0542. The van der Waals surface area contributed by atoms with E-state index in [0.29, 0.717) is 12.0 Å². The van der Waals surface area contributed by atoms with E-state index in [2.05, 4.69) is 18.4 Å². The summed E-state index contributed by atoms with van der Waals surface area (Å²) in [5.74, 6) is 2.30. The van der Waals surface area contributed by atoms with Crippen LogP contribution in [0.1, 0.15) is 19.8 Å². The van der Waals surface area contributed by atoms with Crippen LogP contribution < -0.4 is 0 Å². The van der Waals surface area contributed by atoms with Crippen molar-refractivity contribution in [1.82, 2.24) is 4.90 Å². The van der Waals surface area contributed by atoms with Crippen LogP contribution in [-0.2, 0) is 0 Å². The summed E-state index contributed by atoms with van der Waals surface area (Å²) in [7, 11) is 0. The second-order valence-corrected chi connectivity index (χ2v) is 5.52. The molecular weight excluding hydrogens is 174 g/mol. The van der Waals surface area contributed by atoms with Gasteiger partial charge in [-0.3, -0.25) is 4.90 Å². The van der Waals surface area contributed by atoms with Gasteiger partial charge >= 0.3 is 0 Å². The van der Waals surface area contributed by atoms with Crippen LogP contribution in [0.5, 0.6) is 0 Å². The Kier molecular flexibility index (Phi) is 1.80. The van der Waals surface area contributed by atoms with Crippen LogP contribution in [0.3, 0.4) is 0 Å². The number of aliphatic hydroxyl groups is 1. The van der Waals surface area contributed by atoms with Crippen LogP contribution in [0.2, 0.25) is 0 Å². The minimum Gasteiger partial charge on any atom is -0.391 e. The highest BCUT2D eigenvalue weighted by molar-refractivity contribution is 5.12. The molecule has 0 aromatic carbocycles. The van der Waals surface area contributed by atoms with Crippen molar-refractivity contribution in [2.24, 2.45) is 17.8 Å². The average molecular weight is 193 g/mol. The van der Waals surface area contributed by atoms with Crippen molar-refractivity contribution < 1.29 is 5.11 Å². The highest BCUT2D eigenvalue weighted by atomic mass is 16.3. The monoisotopic (exact) mass is 193 g/mol. The van der Waals surface area contributed by atoms with E-state index in [0.717, 1.165) is 18.4 Å². The van der Waals surface area contributed by atoms with E-state index < -0.39 is 0 Å². The third kappa shape index (κ3) is 1.04. The maximum atomic E-state index is 10.1. The second kappa shape index (κ2) is 2.83. The fourth-order valence-electron chi connectivity index (χ4n) is 4.07. The second-order valence-electron chi connectivity index (χ2n) is 5.52. The molecule has 2 aliphatic carbocycles. The molecule has 3 aliphatic rings. The molecule has 1 saturated heterocycles. The van der Waals surface area contributed by atoms with Gasteiger partial charge in [-0.25, -0.2) is 0 Å². The molecular formula is C12H19NO. The van der Waals surface area contributed by atoms with E-state index in [1.165, 1.54) is 25.0 Å². The predicted octanol–water partition coefficient (Wildman–Crippen LogP) is 1.26. The molecule has 3 fully saturated rings. The number of aliphatic hydroxyl groups excluding tert-OH is 1. The first-order chi connectivity index (χ1) is 6.66. The summed E-state index contributed by atoms with van der Waals surface area (Å²) in [5.41, 5.74) is 1.22. The van der Waals surface area contributed by atoms with Gasteiger partial charge in [-0.2, -0.15) is 0 Å². The Morgan fingerprint density at radius 2 is 2.21 bits per heavy atom. The molecule has 1 aliphatic heterocycles. The van der Waals surface area contributed by atoms with E-state index in [9.17, 15) is 5.11 Å². The molecule has 5 unspecified atom stereocenters. The third-order valence-electron chi connectivity index (χ3n) is 4.42. The van der Waals surface area contributed by atoms with Gasteiger partial charge in [0.05, 0.1) is 6.10 Å². The molecule has 14 heavy (non-hydrogen) atoms. The Labute approximate surface area is 85.6 Å². The number of hydrogen-bond acceptors (Lipinski definition) is 2. The smallest absolute Gasteiger partial charge is 0.0726 e. The summed E-state index contributed by atoms with van der Waals surface area (Å²) in [4.78, 5) is 2.47. The Bertz CT molecular complexity index is 273. The van der Waals surface area contributed by atoms with Crippen LogP contribution >= 0.6 is 0 Å². The third-order valence-corrected chi connectivity index (χ3v) is 4.42. The van der Waals surface area contributed by atoms with Gasteiger partial charge < -0.3 is 5.11 Å². The number of likely N-dealkylation sites (tertiary alicyclic amines) is 1. The molecule has 1 N–H and O–H groups in total. The first-order valence-electron chi connectivity index (χ1n) is 5.73. The Balaban J connectivity index is 1.81. The normalized spacial score (nSPS) is 50.3. The van der Waals surface area contributed by atoms with Gasteiger partial charge in [-0.15, -0.1) is 0 Å². The van der Waals surface area contributed by atoms with Gasteiger partial charge in [-0.1, -0.05) is 12.2 Å². The number of rotatable bonds is 2. The Hall–Kier alpha value is -0.340. The van der Waals surface area contributed by atoms with E-state index in [1.807, 2.05) is 0 Å². The zero-order chi connectivity index (χ0) is 9.87. The van der Waals surface area contributed by atoms with Crippen LogP contribution in [0.4, 0.5) is 0 Å². The first-order valence-corrected chi connectivity index (χ1v) is 5.73. The zero-order valence-corrected chi connectivity index (χ0v) is 8.82. The highest BCUT2D eigenvalue weighted by Gasteiger charge is 2.58. The SMILES string of the molecule is C=C(C)CN1CC2CC3CC2C1C3O. The number of hydrogen-bond donors (Lipinski definition) is 1. The summed E-state index contributed by atoms with van der Waals surface area (Å²) in [6, 6.07) is 0.468. The quantitative estimate of drug-likeness (QED) is 0.667. The van der Waals surface area contributed by atoms with Crippen molar-refractivity contribution >= 4 is 0 Å². The van der Waals surface area contributed by atoms with Crippen LogP contribution in [0.15, 0.2) is 12.2 Å². The number of fused-ring (bicyclic) bond motifs is 1. The van der Waals surface area contributed by atoms with E-state index in [1.54, 1.807) is 0 Å².